The molecule has 2 aliphatic heterocycles. The van der Waals surface area contributed by atoms with E-state index < -0.39 is 0 Å². The number of amides is 2. The number of likely N-dealkylation sites (N-methyl/N-ethyl adjacent to an activating group) is 2. The van der Waals surface area contributed by atoms with Crippen molar-refractivity contribution in [2.45, 2.75) is 51.2 Å². The Morgan fingerprint density at radius 3 is 2.49 bits per heavy atom. The van der Waals surface area contributed by atoms with Gasteiger partial charge in [0.05, 0.1) is 6.04 Å². The highest BCUT2D eigenvalue weighted by atomic mass is 16.3. The number of H-pyrrole nitrogens is 1. The minimum Gasteiger partial charge on any atom is -0.504 e. The molecule has 4 N–H and O–H groups in total. The van der Waals surface area contributed by atoms with Gasteiger partial charge in [-0.05, 0) is 98.3 Å². The molecule has 8 rings (SSSR count). The topological polar surface area (TPSA) is 95.1 Å². The zero-order valence-corrected chi connectivity index (χ0v) is 26.6. The number of urea groups is 1. The molecular weight excluding hydrogens is 562 g/mol. The first kappa shape index (κ1) is 29.4. The zero-order chi connectivity index (χ0) is 31.4. The van der Waals surface area contributed by atoms with E-state index in [-0.39, 0.29) is 23.6 Å². The van der Waals surface area contributed by atoms with Crippen molar-refractivity contribution >= 4 is 22.5 Å². The van der Waals surface area contributed by atoms with Gasteiger partial charge >= 0.3 is 6.03 Å². The van der Waals surface area contributed by atoms with Gasteiger partial charge in [-0.15, -0.1) is 0 Å². The molecule has 3 aromatic carbocycles. The highest BCUT2D eigenvalue weighted by molar-refractivity contribution is 5.98. The molecule has 3 atom stereocenters. The van der Waals surface area contributed by atoms with Crippen molar-refractivity contribution in [2.24, 2.45) is 0 Å². The number of nitrogens with one attached hydrogen (secondary N) is 2. The largest absolute Gasteiger partial charge is 0.504 e. The average molecular weight is 606 g/mol. The van der Waals surface area contributed by atoms with Crippen LogP contribution in [-0.2, 0) is 19.3 Å². The predicted molar refractivity (Wildman–Crippen MR) is 180 cm³/mol. The predicted octanol–water partition coefficient (Wildman–Crippen LogP) is 5.69. The summed E-state index contributed by atoms with van der Waals surface area (Å²) in [5.41, 5.74) is 10.9. The van der Waals surface area contributed by atoms with Crippen LogP contribution < -0.4 is 5.32 Å². The Hall–Kier alpha value is -4.27. The summed E-state index contributed by atoms with van der Waals surface area (Å²) in [6, 6.07) is 17.1. The monoisotopic (exact) mass is 605 g/mol. The summed E-state index contributed by atoms with van der Waals surface area (Å²) in [7, 11) is 4.32. The van der Waals surface area contributed by atoms with Crippen molar-refractivity contribution in [3.63, 3.8) is 0 Å². The molecule has 0 saturated carbocycles. The molecule has 234 valence electrons. The highest BCUT2D eigenvalue weighted by Crippen LogP contribution is 2.50. The molecular formula is C37H43N5O3. The molecule has 0 spiro atoms. The molecule has 0 fully saturated rings. The van der Waals surface area contributed by atoms with Gasteiger partial charge in [-0.25, -0.2) is 4.79 Å². The second-order valence-electron chi connectivity index (χ2n) is 12.8. The van der Waals surface area contributed by atoms with Crippen LogP contribution in [0.1, 0.15) is 47.7 Å². The lowest BCUT2D eigenvalue weighted by molar-refractivity contribution is 0.193. The van der Waals surface area contributed by atoms with Crippen molar-refractivity contribution < 1.29 is 15.0 Å². The maximum atomic E-state index is 12.4. The zero-order valence-electron chi connectivity index (χ0n) is 26.6. The molecule has 8 nitrogen and oxygen atoms in total. The third-order valence-corrected chi connectivity index (χ3v) is 10.3. The smallest absolute Gasteiger partial charge is 0.317 e. The van der Waals surface area contributed by atoms with E-state index in [9.17, 15) is 15.0 Å². The number of aromatic nitrogens is 1. The minimum absolute atomic E-state index is 0.0163. The molecule has 4 aliphatic rings. The van der Waals surface area contributed by atoms with Crippen LogP contribution in [-0.4, -0.2) is 88.3 Å². The standard InChI is InChI=1S/C20H26N4O.C17H17NO2/c1-4-24(5-2)20(25)22-14-10-16-15-7-6-8-17-19(15)13(11-21-17)9-18(16)23(3)12-14;1-18-8-7-10-3-2-4-12-15(10)13(18)9-11-5-6-14(19)17(20)16(11)12/h6-8,10-11,14,18,21H,4-5,9,12H2,1-3H3,(H,22,25);2-6,13,19-20H,7-9H2,1H3/t14-,18+;13-/m01/s1. The van der Waals surface area contributed by atoms with Crippen molar-refractivity contribution in [2.75, 3.05) is 40.3 Å². The van der Waals surface area contributed by atoms with Gasteiger partial charge < -0.3 is 25.4 Å². The van der Waals surface area contributed by atoms with Crippen LogP contribution in [0, 0.1) is 0 Å². The highest BCUT2D eigenvalue weighted by Gasteiger charge is 2.35. The molecule has 1 aromatic heterocycles. The number of phenolic OH excluding ortho intramolecular Hbond substituents is 2. The van der Waals surface area contributed by atoms with E-state index in [1.54, 1.807) is 6.07 Å². The van der Waals surface area contributed by atoms with E-state index in [1.807, 2.05) is 24.8 Å². The quantitative estimate of drug-likeness (QED) is 0.225. The van der Waals surface area contributed by atoms with E-state index in [1.165, 1.54) is 38.7 Å². The van der Waals surface area contributed by atoms with Crippen molar-refractivity contribution in [3.05, 3.63) is 88.6 Å². The normalized spacial score (nSPS) is 21.5. The molecule has 8 heteroatoms. The van der Waals surface area contributed by atoms with E-state index >= 15 is 0 Å². The van der Waals surface area contributed by atoms with E-state index in [0.29, 0.717) is 12.1 Å². The maximum absolute atomic E-state index is 12.4. The number of benzene rings is 3. The van der Waals surface area contributed by atoms with Crippen LogP contribution in [0.4, 0.5) is 4.79 Å². The minimum atomic E-state index is -0.0380. The summed E-state index contributed by atoms with van der Waals surface area (Å²) < 4.78 is 0. The van der Waals surface area contributed by atoms with Crippen LogP contribution in [0.25, 0.3) is 27.6 Å². The number of rotatable bonds is 3. The van der Waals surface area contributed by atoms with E-state index in [0.717, 1.165) is 62.1 Å². The molecule has 4 aromatic rings. The number of hydrogen-bond acceptors (Lipinski definition) is 5. The summed E-state index contributed by atoms with van der Waals surface area (Å²) in [4.78, 5) is 22.4. The van der Waals surface area contributed by atoms with Crippen LogP contribution in [0.3, 0.4) is 0 Å². The number of carbonyl (C=O) groups excluding carboxylic acids is 1. The second-order valence-corrected chi connectivity index (χ2v) is 12.8. The van der Waals surface area contributed by atoms with Crippen LogP contribution in [0.2, 0.25) is 0 Å². The first-order valence-corrected chi connectivity index (χ1v) is 16.2. The molecule has 0 bridgehead atoms. The number of aromatic hydroxyl groups is 2. The number of aromatic amines is 1. The summed E-state index contributed by atoms with van der Waals surface area (Å²) in [5.74, 6) is -0.0217. The molecule has 2 aliphatic carbocycles. The van der Waals surface area contributed by atoms with Gasteiger partial charge in [0.1, 0.15) is 0 Å². The van der Waals surface area contributed by atoms with Crippen LogP contribution in [0.5, 0.6) is 11.5 Å². The van der Waals surface area contributed by atoms with E-state index in [4.69, 9.17) is 0 Å². The van der Waals surface area contributed by atoms with Gasteiger partial charge in [-0.2, -0.15) is 0 Å². The van der Waals surface area contributed by atoms with Gasteiger partial charge in [0, 0.05) is 60.9 Å². The number of fused-ring (bicyclic) bond motifs is 4. The second kappa shape index (κ2) is 11.6. The maximum Gasteiger partial charge on any atom is 0.317 e. The number of carbonyl (C=O) groups is 1. The molecule has 3 heterocycles. The summed E-state index contributed by atoms with van der Waals surface area (Å²) in [6.45, 7) is 7.41. The number of hydrogen-bond donors (Lipinski definition) is 4. The average Bonchev–Trinajstić information content (AvgIpc) is 3.46. The summed E-state index contributed by atoms with van der Waals surface area (Å²) >= 11 is 0. The first-order chi connectivity index (χ1) is 21.8. The Morgan fingerprint density at radius 2 is 1.69 bits per heavy atom. The van der Waals surface area contributed by atoms with Crippen LogP contribution in [0.15, 0.2) is 60.8 Å². The van der Waals surface area contributed by atoms with Crippen molar-refractivity contribution in [1.29, 1.82) is 0 Å². The Balaban J connectivity index is 0.000000148. The van der Waals surface area contributed by atoms with Gasteiger partial charge in [0.2, 0.25) is 0 Å². The number of nitrogens with zero attached hydrogens (tertiary/aromatic N) is 3. The lowest BCUT2D eigenvalue weighted by Gasteiger charge is -2.40. The third-order valence-electron chi connectivity index (χ3n) is 10.3. The molecule has 45 heavy (non-hydrogen) atoms. The fourth-order valence-electron chi connectivity index (χ4n) is 7.98. The summed E-state index contributed by atoms with van der Waals surface area (Å²) in [6.07, 6.45) is 7.38. The van der Waals surface area contributed by atoms with Gasteiger partial charge in [0.15, 0.2) is 11.5 Å². The van der Waals surface area contributed by atoms with Crippen molar-refractivity contribution in [3.8, 4) is 22.6 Å². The van der Waals surface area contributed by atoms with Gasteiger partial charge in [-0.1, -0.05) is 42.5 Å². The molecule has 0 unspecified atom stereocenters. The van der Waals surface area contributed by atoms with E-state index in [2.05, 4.69) is 82.9 Å². The molecule has 0 radical (unpaired) electrons. The Kier molecular flexibility index (Phi) is 7.58. The first-order valence-electron chi connectivity index (χ1n) is 16.2. The van der Waals surface area contributed by atoms with Gasteiger partial charge in [0.25, 0.3) is 0 Å². The lowest BCUT2D eigenvalue weighted by Crippen LogP contribution is -2.52. The molecule has 0 saturated heterocycles. The van der Waals surface area contributed by atoms with Gasteiger partial charge in [-0.3, -0.25) is 9.80 Å². The molecule has 2 amide bonds. The van der Waals surface area contributed by atoms with Crippen LogP contribution >= 0.6 is 0 Å². The SMILES string of the molecule is CCN(CC)C(=O)N[C@H]1C=C2c3cccc4[nH]cc(c34)C[C@H]2N(C)C1.CN1CCc2cccc3c2[C@H]1Cc1ccc(O)c(O)c1-3. The lowest BCUT2D eigenvalue weighted by atomic mass is 9.77. The van der Waals surface area contributed by atoms with Crippen molar-refractivity contribution in [1.82, 2.24) is 25.0 Å². The fourth-order valence-corrected chi connectivity index (χ4v) is 7.98. The Morgan fingerprint density at radius 1 is 0.933 bits per heavy atom. The number of phenols is 2. The Bertz CT molecular complexity index is 1810. The summed E-state index contributed by atoms with van der Waals surface area (Å²) in [5, 5.41) is 24.6. The Labute approximate surface area is 265 Å². The fraction of sp³-hybridized carbons (Fsp3) is 0.378. The third kappa shape index (κ3) is 4.96.